The molecule has 0 spiro atoms. The van der Waals surface area contributed by atoms with E-state index in [1.54, 1.807) is 12.0 Å². The van der Waals surface area contributed by atoms with E-state index in [4.69, 9.17) is 4.74 Å². The fourth-order valence-corrected chi connectivity index (χ4v) is 3.35. The number of nitrogens with one attached hydrogen (secondary N) is 1. The van der Waals surface area contributed by atoms with Crippen LogP contribution >= 0.6 is 0 Å². The summed E-state index contributed by atoms with van der Waals surface area (Å²) in [5.74, 6) is 0.347. The third-order valence-corrected chi connectivity index (χ3v) is 5.04. The number of ether oxygens (including phenoxy) is 1. The van der Waals surface area contributed by atoms with E-state index >= 15 is 0 Å². The fraction of sp³-hybridized carbons (Fsp3) is 0.440. The van der Waals surface area contributed by atoms with Crippen molar-refractivity contribution in [2.75, 3.05) is 13.7 Å². The molecule has 1 N–H and O–H groups in total. The molecular weight excluding hydrogens is 376 g/mol. The lowest BCUT2D eigenvalue weighted by Crippen LogP contribution is -2.45. The molecule has 0 saturated carbocycles. The summed E-state index contributed by atoms with van der Waals surface area (Å²) in [4.78, 5) is 28.1. The van der Waals surface area contributed by atoms with Crippen LogP contribution in [0.25, 0.3) is 0 Å². The lowest BCUT2D eigenvalue weighted by molar-refractivity contribution is -0.144. The van der Waals surface area contributed by atoms with Crippen LogP contribution in [0.5, 0.6) is 5.75 Å². The van der Waals surface area contributed by atoms with Crippen molar-refractivity contribution in [1.29, 1.82) is 0 Å². The number of rotatable bonds is 11. The summed E-state index contributed by atoms with van der Waals surface area (Å²) in [7, 11) is 1.62. The van der Waals surface area contributed by atoms with Gasteiger partial charge in [0.25, 0.3) is 0 Å². The highest BCUT2D eigenvalue weighted by Crippen LogP contribution is 2.26. The summed E-state index contributed by atoms with van der Waals surface area (Å²) in [6.07, 6.45) is 3.09. The molecule has 30 heavy (non-hydrogen) atoms. The standard InChI is InChI=1S/C25H34N2O3/c1-5-6-10-17-26-24(28)23(21-11-8-7-9-12-21)27(25(29)19(2)3)18-20-13-15-22(30-4)16-14-20/h7-9,11-16,19,23H,5-6,10,17-18H2,1-4H3,(H,26,28). The molecule has 0 fully saturated rings. The highest BCUT2D eigenvalue weighted by molar-refractivity contribution is 5.89. The van der Waals surface area contributed by atoms with Gasteiger partial charge in [-0.05, 0) is 29.7 Å². The van der Waals surface area contributed by atoms with E-state index in [-0.39, 0.29) is 17.7 Å². The Morgan fingerprint density at radius 3 is 2.23 bits per heavy atom. The number of benzene rings is 2. The summed E-state index contributed by atoms with van der Waals surface area (Å²) in [6, 6.07) is 16.5. The topological polar surface area (TPSA) is 58.6 Å². The minimum atomic E-state index is -0.676. The van der Waals surface area contributed by atoms with Gasteiger partial charge in [0, 0.05) is 19.0 Å². The van der Waals surface area contributed by atoms with Gasteiger partial charge in [-0.15, -0.1) is 0 Å². The van der Waals surface area contributed by atoms with Gasteiger partial charge < -0.3 is 15.0 Å². The molecule has 2 rings (SSSR count). The van der Waals surface area contributed by atoms with Gasteiger partial charge in [0.05, 0.1) is 7.11 Å². The van der Waals surface area contributed by atoms with E-state index in [0.717, 1.165) is 36.1 Å². The average Bonchev–Trinajstić information content (AvgIpc) is 2.77. The predicted molar refractivity (Wildman–Crippen MR) is 120 cm³/mol. The Labute approximate surface area is 180 Å². The van der Waals surface area contributed by atoms with Crippen LogP contribution in [0.15, 0.2) is 54.6 Å². The summed E-state index contributed by atoms with van der Waals surface area (Å²) >= 11 is 0. The van der Waals surface area contributed by atoms with Gasteiger partial charge in [-0.25, -0.2) is 0 Å². The first-order valence-electron chi connectivity index (χ1n) is 10.7. The highest BCUT2D eigenvalue weighted by Gasteiger charge is 2.32. The van der Waals surface area contributed by atoms with Gasteiger partial charge in [0.1, 0.15) is 11.8 Å². The second-order valence-electron chi connectivity index (χ2n) is 7.78. The van der Waals surface area contributed by atoms with Crippen LogP contribution in [-0.2, 0) is 16.1 Å². The first kappa shape index (κ1) is 23.5. The SMILES string of the molecule is CCCCCNC(=O)C(c1ccccc1)N(Cc1ccc(OC)cc1)C(=O)C(C)C. The Bertz CT molecular complexity index is 788. The van der Waals surface area contributed by atoms with Crippen LogP contribution in [0.4, 0.5) is 0 Å². The van der Waals surface area contributed by atoms with Gasteiger partial charge in [-0.2, -0.15) is 0 Å². The van der Waals surface area contributed by atoms with Crippen LogP contribution in [0.2, 0.25) is 0 Å². The van der Waals surface area contributed by atoms with Crippen molar-refractivity contribution in [2.45, 2.75) is 52.6 Å². The van der Waals surface area contributed by atoms with Gasteiger partial charge in [-0.1, -0.05) is 76.1 Å². The van der Waals surface area contributed by atoms with E-state index < -0.39 is 6.04 Å². The number of hydrogen-bond acceptors (Lipinski definition) is 3. The minimum absolute atomic E-state index is 0.0524. The molecule has 0 bridgehead atoms. The molecule has 1 atom stereocenters. The van der Waals surface area contributed by atoms with Crippen molar-refractivity contribution in [3.8, 4) is 5.75 Å². The molecule has 0 aromatic heterocycles. The van der Waals surface area contributed by atoms with E-state index in [1.807, 2.05) is 68.4 Å². The Kier molecular flexibility index (Phi) is 9.39. The summed E-state index contributed by atoms with van der Waals surface area (Å²) in [5, 5.41) is 3.04. The van der Waals surface area contributed by atoms with Crippen molar-refractivity contribution in [1.82, 2.24) is 10.2 Å². The normalized spacial score (nSPS) is 11.8. The maximum atomic E-state index is 13.2. The second-order valence-corrected chi connectivity index (χ2v) is 7.78. The molecule has 5 nitrogen and oxygen atoms in total. The number of carbonyl (C=O) groups excluding carboxylic acids is 2. The monoisotopic (exact) mass is 410 g/mol. The van der Waals surface area contributed by atoms with Crippen LogP contribution in [0.1, 0.15) is 57.2 Å². The quantitative estimate of drug-likeness (QED) is 0.545. The zero-order valence-electron chi connectivity index (χ0n) is 18.6. The van der Waals surface area contributed by atoms with E-state index in [2.05, 4.69) is 12.2 Å². The van der Waals surface area contributed by atoms with Crippen molar-refractivity contribution >= 4 is 11.8 Å². The molecule has 2 amide bonds. The van der Waals surface area contributed by atoms with Crippen molar-refractivity contribution in [3.63, 3.8) is 0 Å². The lowest BCUT2D eigenvalue weighted by Gasteiger charge is -2.33. The zero-order chi connectivity index (χ0) is 21.9. The molecule has 0 saturated heterocycles. The third-order valence-electron chi connectivity index (χ3n) is 5.04. The van der Waals surface area contributed by atoms with Crippen LogP contribution in [-0.4, -0.2) is 30.4 Å². The maximum absolute atomic E-state index is 13.2. The van der Waals surface area contributed by atoms with E-state index in [1.165, 1.54) is 0 Å². The third kappa shape index (κ3) is 6.61. The second kappa shape index (κ2) is 12.0. The molecule has 5 heteroatoms. The molecule has 0 aliphatic heterocycles. The van der Waals surface area contributed by atoms with E-state index in [0.29, 0.717) is 13.1 Å². The van der Waals surface area contributed by atoms with Crippen molar-refractivity contribution in [3.05, 3.63) is 65.7 Å². The Hall–Kier alpha value is -2.82. The molecule has 0 heterocycles. The number of nitrogens with zero attached hydrogens (tertiary/aromatic N) is 1. The molecule has 2 aromatic rings. The molecule has 0 radical (unpaired) electrons. The zero-order valence-corrected chi connectivity index (χ0v) is 18.6. The van der Waals surface area contributed by atoms with Crippen LogP contribution in [0, 0.1) is 5.92 Å². The molecular formula is C25H34N2O3. The van der Waals surface area contributed by atoms with Crippen molar-refractivity contribution < 1.29 is 14.3 Å². The summed E-state index contributed by atoms with van der Waals surface area (Å²) in [5.41, 5.74) is 1.76. The van der Waals surface area contributed by atoms with Gasteiger partial charge in [0.15, 0.2) is 0 Å². The molecule has 0 aliphatic rings. The van der Waals surface area contributed by atoms with Gasteiger partial charge >= 0.3 is 0 Å². The number of methoxy groups -OCH3 is 1. The largest absolute Gasteiger partial charge is 0.497 e. The highest BCUT2D eigenvalue weighted by atomic mass is 16.5. The molecule has 162 valence electrons. The van der Waals surface area contributed by atoms with Crippen LogP contribution in [0.3, 0.4) is 0 Å². The van der Waals surface area contributed by atoms with Crippen molar-refractivity contribution in [2.24, 2.45) is 5.92 Å². The molecule has 2 aromatic carbocycles. The predicted octanol–water partition coefficient (Wildman–Crippen LogP) is 4.73. The van der Waals surface area contributed by atoms with E-state index in [9.17, 15) is 9.59 Å². The Balaban J connectivity index is 2.35. The first-order valence-corrected chi connectivity index (χ1v) is 10.7. The summed E-state index contributed by atoms with van der Waals surface area (Å²) < 4.78 is 5.23. The smallest absolute Gasteiger partial charge is 0.247 e. The number of carbonyl (C=O) groups is 2. The summed E-state index contributed by atoms with van der Waals surface area (Å²) in [6.45, 7) is 6.83. The molecule has 1 unspecified atom stereocenters. The minimum Gasteiger partial charge on any atom is -0.497 e. The van der Waals surface area contributed by atoms with Gasteiger partial charge in [0.2, 0.25) is 11.8 Å². The average molecular weight is 411 g/mol. The first-order chi connectivity index (χ1) is 14.5. The number of amides is 2. The maximum Gasteiger partial charge on any atom is 0.247 e. The number of unbranched alkanes of at least 4 members (excludes halogenated alkanes) is 2. The fourth-order valence-electron chi connectivity index (χ4n) is 3.35. The molecule has 0 aliphatic carbocycles. The lowest BCUT2D eigenvalue weighted by atomic mass is 10.0. The van der Waals surface area contributed by atoms with Crippen LogP contribution < -0.4 is 10.1 Å². The Morgan fingerprint density at radius 1 is 1.00 bits per heavy atom. The van der Waals surface area contributed by atoms with Gasteiger partial charge in [-0.3, -0.25) is 9.59 Å². The number of hydrogen-bond donors (Lipinski definition) is 1. The Morgan fingerprint density at radius 2 is 1.67 bits per heavy atom.